The van der Waals surface area contributed by atoms with Crippen LogP contribution in [0.4, 0.5) is 17.6 Å². The van der Waals surface area contributed by atoms with Crippen LogP contribution in [-0.4, -0.2) is 22.0 Å². The highest BCUT2D eigenvalue weighted by molar-refractivity contribution is 6.28. The van der Waals surface area contributed by atoms with Crippen LogP contribution in [0.1, 0.15) is 5.56 Å². The molecule has 2 rings (SSSR count). The van der Waals surface area contributed by atoms with Crippen LogP contribution in [0.3, 0.4) is 0 Å². The first-order valence-electron chi connectivity index (χ1n) is 5.04. The zero-order valence-corrected chi connectivity index (χ0v) is 10.3. The maximum Gasteiger partial charge on any atom is 0.235 e. The van der Waals surface area contributed by atoms with Crippen molar-refractivity contribution < 1.29 is 0 Å². The molecular weight excluding hydrogens is 238 g/mol. The van der Waals surface area contributed by atoms with Crippen LogP contribution in [-0.2, 0) is 0 Å². The number of nitrogens with two attached hydrogens (primary N) is 1. The quantitative estimate of drug-likeness (QED) is 0.884. The molecule has 5 nitrogen and oxygen atoms in total. The number of hydrogen-bond acceptors (Lipinski definition) is 5. The number of halogens is 1. The second kappa shape index (κ2) is 4.55. The monoisotopic (exact) mass is 249 g/mol. The van der Waals surface area contributed by atoms with Crippen LogP contribution < -0.4 is 10.6 Å². The summed E-state index contributed by atoms with van der Waals surface area (Å²) in [5.74, 6) is 0.533. The molecule has 0 unspecified atom stereocenters. The van der Waals surface area contributed by atoms with Crippen LogP contribution in [0.2, 0.25) is 5.28 Å². The lowest BCUT2D eigenvalue weighted by Gasteiger charge is -2.17. The zero-order valence-electron chi connectivity index (χ0n) is 9.55. The standard InChI is InChI=1S/C11H12ClN5/c1-7-3-5-8(6-4-7)17(2)11-15-9(12)14-10(13)16-11/h3-6H,1-2H3,(H2,13,14,15,16). The van der Waals surface area contributed by atoms with Gasteiger partial charge in [0.1, 0.15) is 0 Å². The third-order valence-corrected chi connectivity index (χ3v) is 2.50. The van der Waals surface area contributed by atoms with Gasteiger partial charge in [-0.15, -0.1) is 0 Å². The molecule has 1 aromatic carbocycles. The fourth-order valence-corrected chi connectivity index (χ4v) is 1.55. The van der Waals surface area contributed by atoms with Crippen molar-refractivity contribution in [3.05, 3.63) is 35.1 Å². The number of nitrogens with zero attached hydrogens (tertiary/aromatic N) is 4. The third-order valence-electron chi connectivity index (χ3n) is 2.33. The van der Waals surface area contributed by atoms with E-state index >= 15 is 0 Å². The summed E-state index contributed by atoms with van der Waals surface area (Å²) in [4.78, 5) is 13.6. The lowest BCUT2D eigenvalue weighted by Crippen LogP contribution is -2.14. The van der Waals surface area contributed by atoms with E-state index in [1.807, 2.05) is 38.2 Å². The Morgan fingerprint density at radius 2 is 1.76 bits per heavy atom. The molecule has 0 saturated heterocycles. The Kier molecular flexibility index (Phi) is 3.10. The van der Waals surface area contributed by atoms with Gasteiger partial charge in [-0.05, 0) is 30.7 Å². The Balaban J connectivity index is 2.36. The van der Waals surface area contributed by atoms with E-state index in [0.29, 0.717) is 5.95 Å². The predicted octanol–water partition coefficient (Wildman–Crippen LogP) is 2.18. The summed E-state index contributed by atoms with van der Waals surface area (Å²) in [6.45, 7) is 2.03. The maximum atomic E-state index is 5.74. The number of benzene rings is 1. The molecule has 2 N–H and O–H groups in total. The van der Waals surface area contributed by atoms with Gasteiger partial charge in [-0.2, -0.15) is 15.0 Å². The van der Waals surface area contributed by atoms with Gasteiger partial charge in [0.05, 0.1) is 0 Å². The molecule has 0 bridgehead atoms. The SMILES string of the molecule is Cc1ccc(N(C)c2nc(N)nc(Cl)n2)cc1. The Hall–Kier alpha value is -1.88. The van der Waals surface area contributed by atoms with Crippen molar-refractivity contribution in [3.8, 4) is 0 Å². The van der Waals surface area contributed by atoms with E-state index in [1.54, 1.807) is 4.90 Å². The van der Waals surface area contributed by atoms with Crippen LogP contribution in [0, 0.1) is 6.92 Å². The van der Waals surface area contributed by atoms with Gasteiger partial charge in [0.15, 0.2) is 0 Å². The van der Waals surface area contributed by atoms with Crippen molar-refractivity contribution in [1.29, 1.82) is 0 Å². The van der Waals surface area contributed by atoms with Crippen LogP contribution in [0.5, 0.6) is 0 Å². The summed E-state index contributed by atoms with van der Waals surface area (Å²) in [5.41, 5.74) is 7.67. The Morgan fingerprint density at radius 1 is 1.12 bits per heavy atom. The van der Waals surface area contributed by atoms with Crippen molar-refractivity contribution in [2.45, 2.75) is 6.92 Å². The number of aromatic nitrogens is 3. The predicted molar refractivity (Wildman–Crippen MR) is 68.5 cm³/mol. The Bertz CT molecular complexity index is 506. The second-order valence-electron chi connectivity index (χ2n) is 3.66. The molecular formula is C11H12ClN5. The van der Waals surface area contributed by atoms with E-state index in [2.05, 4.69) is 15.0 Å². The van der Waals surface area contributed by atoms with E-state index in [9.17, 15) is 0 Å². The molecule has 2 aromatic rings. The van der Waals surface area contributed by atoms with Gasteiger partial charge < -0.3 is 10.6 Å². The lowest BCUT2D eigenvalue weighted by atomic mass is 10.2. The van der Waals surface area contributed by atoms with E-state index in [0.717, 1.165) is 5.69 Å². The lowest BCUT2D eigenvalue weighted by molar-refractivity contribution is 0.996. The summed E-state index contributed by atoms with van der Waals surface area (Å²) in [6, 6.07) is 7.97. The average molecular weight is 250 g/mol. The number of hydrogen-bond donors (Lipinski definition) is 1. The van der Waals surface area contributed by atoms with Gasteiger partial charge in [0.25, 0.3) is 0 Å². The number of anilines is 3. The average Bonchev–Trinajstić information content (AvgIpc) is 2.28. The molecule has 0 saturated carbocycles. The summed E-state index contributed by atoms with van der Waals surface area (Å²) >= 11 is 5.74. The smallest absolute Gasteiger partial charge is 0.235 e. The minimum Gasteiger partial charge on any atom is -0.368 e. The van der Waals surface area contributed by atoms with Crippen LogP contribution in [0.25, 0.3) is 0 Å². The summed E-state index contributed by atoms with van der Waals surface area (Å²) in [6.07, 6.45) is 0. The van der Waals surface area contributed by atoms with Gasteiger partial charge in [-0.3, -0.25) is 0 Å². The summed E-state index contributed by atoms with van der Waals surface area (Å²) < 4.78 is 0. The van der Waals surface area contributed by atoms with E-state index in [4.69, 9.17) is 17.3 Å². The second-order valence-corrected chi connectivity index (χ2v) is 4.00. The zero-order chi connectivity index (χ0) is 12.4. The molecule has 0 radical (unpaired) electrons. The largest absolute Gasteiger partial charge is 0.368 e. The molecule has 0 aliphatic carbocycles. The van der Waals surface area contributed by atoms with Crippen molar-refractivity contribution in [2.75, 3.05) is 17.7 Å². The van der Waals surface area contributed by atoms with Gasteiger partial charge in [-0.1, -0.05) is 17.7 Å². The van der Waals surface area contributed by atoms with Crippen molar-refractivity contribution in [1.82, 2.24) is 15.0 Å². The molecule has 0 aliphatic rings. The first kappa shape index (κ1) is 11.6. The fourth-order valence-electron chi connectivity index (χ4n) is 1.39. The molecule has 0 fully saturated rings. The van der Waals surface area contributed by atoms with Gasteiger partial charge in [0, 0.05) is 12.7 Å². The van der Waals surface area contributed by atoms with Crippen LogP contribution in [0.15, 0.2) is 24.3 Å². The minimum atomic E-state index is 0.0893. The molecule has 0 aliphatic heterocycles. The third kappa shape index (κ3) is 2.62. The van der Waals surface area contributed by atoms with E-state index < -0.39 is 0 Å². The van der Waals surface area contributed by atoms with Crippen molar-refractivity contribution in [3.63, 3.8) is 0 Å². The molecule has 1 aromatic heterocycles. The topological polar surface area (TPSA) is 67.9 Å². The molecule has 0 amide bonds. The summed E-state index contributed by atoms with van der Waals surface area (Å²) in [5, 5.41) is 0.0893. The molecule has 1 heterocycles. The van der Waals surface area contributed by atoms with E-state index in [-0.39, 0.29) is 11.2 Å². The molecule has 88 valence electrons. The number of rotatable bonds is 2. The summed E-state index contributed by atoms with van der Waals surface area (Å²) in [7, 11) is 1.84. The highest BCUT2D eigenvalue weighted by Gasteiger charge is 2.09. The fraction of sp³-hybridized carbons (Fsp3) is 0.182. The maximum absolute atomic E-state index is 5.74. The molecule has 17 heavy (non-hydrogen) atoms. The molecule has 0 atom stereocenters. The van der Waals surface area contributed by atoms with Crippen LogP contribution >= 0.6 is 11.6 Å². The van der Waals surface area contributed by atoms with Crippen molar-refractivity contribution >= 4 is 29.2 Å². The van der Waals surface area contributed by atoms with E-state index in [1.165, 1.54) is 5.56 Å². The van der Waals surface area contributed by atoms with Gasteiger partial charge in [0.2, 0.25) is 17.2 Å². The first-order chi connectivity index (χ1) is 8.06. The Labute approximate surface area is 104 Å². The van der Waals surface area contributed by atoms with Gasteiger partial charge >= 0.3 is 0 Å². The number of aryl methyl sites for hydroxylation is 1. The molecule has 6 heteroatoms. The highest BCUT2D eigenvalue weighted by atomic mass is 35.5. The Morgan fingerprint density at radius 3 is 2.35 bits per heavy atom. The normalized spacial score (nSPS) is 10.3. The van der Waals surface area contributed by atoms with Crippen molar-refractivity contribution in [2.24, 2.45) is 0 Å². The number of nitrogen functional groups attached to an aromatic ring is 1. The first-order valence-corrected chi connectivity index (χ1v) is 5.41. The highest BCUT2D eigenvalue weighted by Crippen LogP contribution is 2.21. The van der Waals surface area contributed by atoms with Gasteiger partial charge in [-0.25, -0.2) is 0 Å². The molecule has 0 spiro atoms. The minimum absolute atomic E-state index is 0.0893.